The lowest BCUT2D eigenvalue weighted by Gasteiger charge is -2.11. The number of benzene rings is 3. The molecule has 0 aliphatic carbocycles. The molecule has 3 aromatic carbocycles. The van der Waals surface area contributed by atoms with Gasteiger partial charge in [0.25, 0.3) is 5.91 Å². The molecular formula is C28H30N4O5. The Kier molecular flexibility index (Phi) is 10.2. The highest BCUT2D eigenvalue weighted by Gasteiger charge is 2.13. The number of hydrazone groups is 1. The van der Waals surface area contributed by atoms with Crippen molar-refractivity contribution >= 4 is 35.3 Å². The number of anilines is 2. The van der Waals surface area contributed by atoms with Gasteiger partial charge in [0.1, 0.15) is 11.5 Å². The average Bonchev–Trinajstić information content (AvgIpc) is 2.90. The number of unbranched alkanes of at least 4 members (excludes halogenated alkanes) is 1. The van der Waals surface area contributed by atoms with E-state index in [1.807, 2.05) is 31.2 Å². The van der Waals surface area contributed by atoms with Gasteiger partial charge in [0.05, 0.1) is 12.8 Å². The van der Waals surface area contributed by atoms with Gasteiger partial charge in [-0.05, 0) is 61.4 Å². The highest BCUT2D eigenvalue weighted by Crippen LogP contribution is 2.18. The van der Waals surface area contributed by atoms with E-state index in [0.717, 1.165) is 18.4 Å². The lowest BCUT2D eigenvalue weighted by molar-refractivity contribution is -0.136. The van der Waals surface area contributed by atoms with Crippen LogP contribution in [0.3, 0.4) is 0 Å². The molecule has 37 heavy (non-hydrogen) atoms. The Hall–Kier alpha value is -4.66. The van der Waals surface area contributed by atoms with E-state index in [9.17, 15) is 14.4 Å². The van der Waals surface area contributed by atoms with Gasteiger partial charge in [-0.25, -0.2) is 5.43 Å². The van der Waals surface area contributed by atoms with E-state index in [-0.39, 0.29) is 12.5 Å². The highest BCUT2D eigenvalue weighted by molar-refractivity contribution is 6.39. The smallest absolute Gasteiger partial charge is 0.329 e. The van der Waals surface area contributed by atoms with Gasteiger partial charge < -0.3 is 20.1 Å². The summed E-state index contributed by atoms with van der Waals surface area (Å²) in [7, 11) is 0. The number of amides is 3. The third kappa shape index (κ3) is 8.81. The second-order valence-electron chi connectivity index (χ2n) is 8.07. The van der Waals surface area contributed by atoms with E-state index in [0.29, 0.717) is 35.0 Å². The normalized spacial score (nSPS) is 10.5. The molecule has 0 spiro atoms. The summed E-state index contributed by atoms with van der Waals surface area (Å²) in [5.74, 6) is -1.03. The Morgan fingerprint density at radius 1 is 0.865 bits per heavy atom. The molecular weight excluding hydrogens is 472 g/mol. The molecule has 0 bridgehead atoms. The summed E-state index contributed by atoms with van der Waals surface area (Å²) < 4.78 is 11.2. The molecule has 0 radical (unpaired) electrons. The van der Waals surface area contributed by atoms with E-state index in [4.69, 9.17) is 9.47 Å². The fourth-order valence-corrected chi connectivity index (χ4v) is 3.13. The summed E-state index contributed by atoms with van der Waals surface area (Å²) >= 11 is 0. The molecule has 192 valence electrons. The van der Waals surface area contributed by atoms with Gasteiger partial charge in [-0.1, -0.05) is 43.7 Å². The number of hydrogen-bond donors (Lipinski definition) is 3. The maximum Gasteiger partial charge on any atom is 0.329 e. The molecule has 0 saturated heterocycles. The van der Waals surface area contributed by atoms with Crippen LogP contribution in [-0.2, 0) is 14.4 Å². The molecule has 3 N–H and O–H groups in total. The van der Waals surface area contributed by atoms with Crippen molar-refractivity contribution in [1.82, 2.24) is 5.43 Å². The van der Waals surface area contributed by atoms with Crippen molar-refractivity contribution < 1.29 is 23.9 Å². The SMILES string of the molecule is CCCCOc1ccc(NC(=O)C(=O)N/N=C\c2ccccc2OCC(=O)Nc2ccccc2C)cc1. The molecule has 0 aliphatic rings. The summed E-state index contributed by atoms with van der Waals surface area (Å²) in [6.45, 7) is 4.39. The van der Waals surface area contributed by atoms with Crippen LogP contribution >= 0.6 is 0 Å². The number of carbonyl (C=O) groups is 3. The number of hydrogen-bond acceptors (Lipinski definition) is 6. The van der Waals surface area contributed by atoms with Crippen molar-refractivity contribution in [2.45, 2.75) is 26.7 Å². The molecule has 0 aliphatic heterocycles. The third-order valence-corrected chi connectivity index (χ3v) is 5.15. The molecule has 3 rings (SSSR count). The zero-order valence-electron chi connectivity index (χ0n) is 20.8. The largest absolute Gasteiger partial charge is 0.494 e. The predicted octanol–water partition coefficient (Wildman–Crippen LogP) is 4.28. The van der Waals surface area contributed by atoms with Crippen molar-refractivity contribution in [2.75, 3.05) is 23.8 Å². The zero-order valence-corrected chi connectivity index (χ0v) is 20.8. The van der Waals surface area contributed by atoms with Crippen LogP contribution in [0.2, 0.25) is 0 Å². The second-order valence-corrected chi connectivity index (χ2v) is 8.07. The first-order valence-corrected chi connectivity index (χ1v) is 11.9. The number of rotatable bonds is 11. The molecule has 9 nitrogen and oxygen atoms in total. The van der Waals surface area contributed by atoms with Crippen molar-refractivity contribution in [3.8, 4) is 11.5 Å². The van der Waals surface area contributed by atoms with E-state index >= 15 is 0 Å². The number of ether oxygens (including phenoxy) is 2. The van der Waals surface area contributed by atoms with Gasteiger partial charge >= 0.3 is 11.8 Å². The molecule has 0 saturated carbocycles. The fourth-order valence-electron chi connectivity index (χ4n) is 3.13. The molecule has 0 atom stereocenters. The van der Waals surface area contributed by atoms with Crippen molar-refractivity contribution in [3.63, 3.8) is 0 Å². The minimum absolute atomic E-state index is 0.212. The molecule has 0 heterocycles. The zero-order chi connectivity index (χ0) is 26.5. The Morgan fingerprint density at radius 3 is 2.35 bits per heavy atom. The van der Waals surface area contributed by atoms with Crippen molar-refractivity contribution in [3.05, 3.63) is 83.9 Å². The Morgan fingerprint density at radius 2 is 1.59 bits per heavy atom. The molecule has 9 heteroatoms. The lowest BCUT2D eigenvalue weighted by Crippen LogP contribution is -2.32. The van der Waals surface area contributed by atoms with Crippen LogP contribution in [0.5, 0.6) is 11.5 Å². The van der Waals surface area contributed by atoms with E-state index in [2.05, 4.69) is 28.1 Å². The Labute approximate surface area is 215 Å². The maximum atomic E-state index is 12.3. The van der Waals surface area contributed by atoms with Crippen LogP contribution in [-0.4, -0.2) is 37.1 Å². The lowest BCUT2D eigenvalue weighted by atomic mass is 10.2. The van der Waals surface area contributed by atoms with Crippen LogP contribution < -0.4 is 25.5 Å². The first-order valence-electron chi connectivity index (χ1n) is 11.9. The topological polar surface area (TPSA) is 118 Å². The van der Waals surface area contributed by atoms with Crippen LogP contribution in [0, 0.1) is 6.92 Å². The molecule has 0 aromatic heterocycles. The minimum atomic E-state index is -0.935. The van der Waals surface area contributed by atoms with Crippen LogP contribution in [0.4, 0.5) is 11.4 Å². The van der Waals surface area contributed by atoms with Crippen LogP contribution in [0.25, 0.3) is 0 Å². The molecule has 0 fully saturated rings. The average molecular weight is 503 g/mol. The number of aryl methyl sites for hydroxylation is 1. The number of nitrogens with one attached hydrogen (secondary N) is 3. The monoisotopic (exact) mass is 502 g/mol. The Bertz CT molecular complexity index is 1240. The summed E-state index contributed by atoms with van der Waals surface area (Å²) in [6, 6.07) is 21.1. The predicted molar refractivity (Wildman–Crippen MR) is 143 cm³/mol. The van der Waals surface area contributed by atoms with Gasteiger partial charge in [0, 0.05) is 16.9 Å². The van der Waals surface area contributed by atoms with Gasteiger partial charge in [0.2, 0.25) is 0 Å². The van der Waals surface area contributed by atoms with Gasteiger partial charge in [0.15, 0.2) is 6.61 Å². The number of nitrogens with zero attached hydrogens (tertiary/aromatic N) is 1. The summed E-state index contributed by atoms with van der Waals surface area (Å²) in [4.78, 5) is 36.6. The second kappa shape index (κ2) is 14.0. The number of carbonyl (C=O) groups excluding carboxylic acids is 3. The van der Waals surface area contributed by atoms with E-state index in [1.54, 1.807) is 48.5 Å². The first-order chi connectivity index (χ1) is 18.0. The summed E-state index contributed by atoms with van der Waals surface area (Å²) in [5.41, 5.74) is 4.81. The first kappa shape index (κ1) is 26.9. The fraction of sp³-hybridized carbons (Fsp3) is 0.214. The highest BCUT2D eigenvalue weighted by atomic mass is 16.5. The number of para-hydroxylation sites is 2. The third-order valence-electron chi connectivity index (χ3n) is 5.15. The molecule has 0 unspecified atom stereocenters. The molecule has 3 amide bonds. The van der Waals surface area contributed by atoms with Gasteiger partial charge in [-0.2, -0.15) is 5.10 Å². The summed E-state index contributed by atoms with van der Waals surface area (Å²) in [5, 5.41) is 9.14. The minimum Gasteiger partial charge on any atom is -0.494 e. The summed E-state index contributed by atoms with van der Waals surface area (Å²) in [6.07, 6.45) is 3.33. The van der Waals surface area contributed by atoms with E-state index < -0.39 is 11.8 Å². The van der Waals surface area contributed by atoms with E-state index in [1.165, 1.54) is 6.21 Å². The standard InChI is InChI=1S/C28H30N4O5/c1-3-4-17-36-23-15-13-22(14-16-23)30-27(34)28(35)32-29-18-21-10-6-8-12-25(21)37-19-26(33)31-24-11-7-5-9-20(24)2/h5-16,18H,3-4,17,19H2,1-2H3,(H,30,34)(H,31,33)(H,32,35)/b29-18-. The molecule has 3 aromatic rings. The van der Waals surface area contributed by atoms with Gasteiger partial charge in [-0.15, -0.1) is 0 Å². The Balaban J connectivity index is 1.48. The van der Waals surface area contributed by atoms with Crippen LogP contribution in [0.1, 0.15) is 30.9 Å². The maximum absolute atomic E-state index is 12.3. The van der Waals surface area contributed by atoms with Crippen molar-refractivity contribution in [1.29, 1.82) is 0 Å². The van der Waals surface area contributed by atoms with Gasteiger partial charge in [-0.3, -0.25) is 14.4 Å². The quantitative estimate of drug-likeness (QED) is 0.157. The van der Waals surface area contributed by atoms with Crippen molar-refractivity contribution in [2.24, 2.45) is 5.10 Å². The van der Waals surface area contributed by atoms with Crippen LogP contribution in [0.15, 0.2) is 77.9 Å².